The molecule has 1 rings (SSSR count). The smallest absolute Gasteiger partial charge is 0.453 e. The first kappa shape index (κ1) is 43.8. The molecule has 16 nitrogen and oxygen atoms in total. The van der Waals surface area contributed by atoms with E-state index >= 15 is 0 Å². The molecule has 0 aliphatic carbocycles. The van der Waals surface area contributed by atoms with Gasteiger partial charge in [0.15, 0.2) is 0 Å². The molecule has 1 heterocycles. The summed E-state index contributed by atoms with van der Waals surface area (Å²) >= 11 is 0. The highest BCUT2D eigenvalue weighted by Gasteiger charge is 2.33. The number of aliphatic hydroxyl groups is 2. The minimum absolute atomic E-state index is 0. The van der Waals surface area contributed by atoms with Gasteiger partial charge in [0.1, 0.15) is 0 Å². The summed E-state index contributed by atoms with van der Waals surface area (Å²) < 4.78 is 12.9. The number of hydrogen-bond donors (Lipinski definition) is 6. The highest BCUT2D eigenvalue weighted by atomic mass is 16.8. The Morgan fingerprint density at radius 3 is 1.88 bits per heavy atom. The van der Waals surface area contributed by atoms with Crippen LogP contribution in [0, 0.1) is 0 Å². The number of carbonyl (C=O) groups is 5. The normalized spacial score (nSPS) is 12.9. The van der Waals surface area contributed by atoms with Crippen molar-refractivity contribution in [2.75, 3.05) is 47.6 Å². The van der Waals surface area contributed by atoms with Crippen LogP contribution in [0.5, 0.6) is 0 Å². The molecule has 0 radical (unpaired) electrons. The van der Waals surface area contributed by atoms with Gasteiger partial charge in [-0.3, -0.25) is 14.4 Å². The summed E-state index contributed by atoms with van der Waals surface area (Å²) in [4.78, 5) is 57.9. The lowest BCUT2D eigenvalue weighted by atomic mass is 10.1. The summed E-state index contributed by atoms with van der Waals surface area (Å²) in [5.74, 6) is -1.05. The second kappa shape index (κ2) is 28.8. The molecule has 16 heteroatoms. The van der Waals surface area contributed by atoms with Gasteiger partial charge in [0.2, 0.25) is 0 Å². The second-order valence-electron chi connectivity index (χ2n) is 7.78. The first-order valence-corrected chi connectivity index (χ1v) is 12.0. The SMILES string of the molecule is C.C.COC(=O)NCCCCC(CO)NC(=O)OC.COC(=O)ON1C(=O)CCC1=O.NCCCCC(N)CO. The van der Waals surface area contributed by atoms with Gasteiger partial charge < -0.3 is 46.5 Å². The Bertz CT molecular complexity index is 682. The van der Waals surface area contributed by atoms with Crippen LogP contribution in [0.1, 0.15) is 66.2 Å². The minimum atomic E-state index is -1.07. The zero-order valence-electron chi connectivity index (χ0n) is 22.3. The van der Waals surface area contributed by atoms with Gasteiger partial charge in [0, 0.05) is 25.4 Å². The third-order valence-electron chi connectivity index (χ3n) is 4.76. The van der Waals surface area contributed by atoms with Gasteiger partial charge >= 0.3 is 18.3 Å². The second-order valence-corrected chi connectivity index (χ2v) is 7.78. The van der Waals surface area contributed by atoms with E-state index in [9.17, 15) is 24.0 Å². The summed E-state index contributed by atoms with van der Waals surface area (Å²) in [6.07, 6.45) is 3.11. The molecule has 40 heavy (non-hydrogen) atoms. The van der Waals surface area contributed by atoms with Crippen LogP contribution in [0.15, 0.2) is 0 Å². The number of unbranched alkanes of at least 4 members (excludes halogenated alkanes) is 2. The van der Waals surface area contributed by atoms with E-state index in [4.69, 9.17) is 21.7 Å². The minimum Gasteiger partial charge on any atom is -0.453 e. The first-order valence-electron chi connectivity index (χ1n) is 12.0. The molecule has 1 saturated heterocycles. The Morgan fingerprint density at radius 2 is 1.43 bits per heavy atom. The fourth-order valence-electron chi connectivity index (χ4n) is 2.62. The van der Waals surface area contributed by atoms with Crippen LogP contribution in [0.3, 0.4) is 0 Å². The van der Waals surface area contributed by atoms with E-state index in [0.29, 0.717) is 18.0 Å². The largest absolute Gasteiger partial charge is 0.533 e. The summed E-state index contributed by atoms with van der Waals surface area (Å²) in [5.41, 5.74) is 10.7. The molecule has 8 N–H and O–H groups in total. The number of nitrogens with two attached hydrogens (primary N) is 2. The van der Waals surface area contributed by atoms with Crippen molar-refractivity contribution in [3.05, 3.63) is 0 Å². The van der Waals surface area contributed by atoms with Crippen molar-refractivity contribution in [1.29, 1.82) is 0 Å². The van der Waals surface area contributed by atoms with Gasteiger partial charge in [0.25, 0.3) is 11.8 Å². The lowest BCUT2D eigenvalue weighted by molar-refractivity contribution is -0.176. The van der Waals surface area contributed by atoms with Crippen LogP contribution >= 0.6 is 0 Å². The molecule has 0 aromatic rings. The molecular weight excluding hydrogens is 534 g/mol. The number of nitrogens with one attached hydrogen (secondary N) is 2. The van der Waals surface area contributed by atoms with Crippen molar-refractivity contribution in [3.63, 3.8) is 0 Å². The predicted molar refractivity (Wildman–Crippen MR) is 147 cm³/mol. The predicted octanol–water partition coefficient (Wildman–Crippen LogP) is 0.770. The third-order valence-corrected chi connectivity index (χ3v) is 4.76. The van der Waals surface area contributed by atoms with E-state index in [1.165, 1.54) is 14.2 Å². The maximum absolute atomic E-state index is 10.9. The van der Waals surface area contributed by atoms with Gasteiger partial charge in [0.05, 0.1) is 40.6 Å². The fraction of sp³-hybridized carbons (Fsp3) is 0.792. The van der Waals surface area contributed by atoms with E-state index in [0.717, 1.165) is 45.8 Å². The number of rotatable bonds is 13. The van der Waals surface area contributed by atoms with E-state index < -0.39 is 30.2 Å². The molecule has 0 spiro atoms. The molecule has 1 aliphatic heterocycles. The Morgan fingerprint density at radius 1 is 0.875 bits per heavy atom. The molecule has 0 aromatic carbocycles. The summed E-state index contributed by atoms with van der Waals surface area (Å²) in [7, 11) is 3.66. The van der Waals surface area contributed by atoms with Crippen molar-refractivity contribution in [2.45, 2.75) is 78.3 Å². The van der Waals surface area contributed by atoms with Crippen LogP contribution in [0.2, 0.25) is 0 Å². The third kappa shape index (κ3) is 23.9. The number of nitrogens with zero attached hydrogens (tertiary/aromatic N) is 1. The Balaban J connectivity index is -0.000000249. The highest BCUT2D eigenvalue weighted by molar-refractivity contribution is 6.01. The lowest BCUT2D eigenvalue weighted by Crippen LogP contribution is -2.37. The van der Waals surface area contributed by atoms with Gasteiger partial charge in [-0.25, -0.2) is 14.4 Å². The van der Waals surface area contributed by atoms with Crippen LogP contribution in [0.4, 0.5) is 14.4 Å². The van der Waals surface area contributed by atoms with Crippen molar-refractivity contribution in [3.8, 4) is 0 Å². The van der Waals surface area contributed by atoms with E-state index in [1.54, 1.807) is 0 Å². The monoisotopic (exact) mass is 585 g/mol. The number of aliphatic hydroxyl groups excluding tert-OH is 2. The number of hydroxylamine groups is 2. The van der Waals surface area contributed by atoms with E-state index in [-0.39, 0.29) is 53.0 Å². The summed E-state index contributed by atoms with van der Waals surface area (Å²) in [6, 6.07) is -0.364. The van der Waals surface area contributed by atoms with Gasteiger partial charge in [-0.15, -0.1) is 0 Å². The maximum Gasteiger partial charge on any atom is 0.533 e. The molecular formula is C24H51N5O11. The molecule has 1 fully saturated rings. The number of amides is 4. The number of hydrogen-bond acceptors (Lipinski definition) is 13. The maximum atomic E-state index is 10.9. The molecule has 4 amide bonds. The number of carbonyl (C=O) groups excluding carboxylic acids is 5. The van der Waals surface area contributed by atoms with Crippen LogP contribution in [-0.2, 0) is 28.6 Å². The molecule has 2 unspecified atom stereocenters. The van der Waals surface area contributed by atoms with Crippen LogP contribution < -0.4 is 22.1 Å². The molecule has 238 valence electrons. The van der Waals surface area contributed by atoms with Gasteiger partial charge in [-0.2, -0.15) is 0 Å². The van der Waals surface area contributed by atoms with Crippen LogP contribution in [-0.4, -0.2) is 105 Å². The van der Waals surface area contributed by atoms with Crippen molar-refractivity contribution in [1.82, 2.24) is 15.7 Å². The topological polar surface area (TPSA) is 242 Å². The van der Waals surface area contributed by atoms with E-state index in [2.05, 4.69) is 29.7 Å². The average Bonchev–Trinajstić information content (AvgIpc) is 3.24. The van der Waals surface area contributed by atoms with Crippen molar-refractivity contribution < 1.29 is 53.2 Å². The molecule has 1 aliphatic rings. The van der Waals surface area contributed by atoms with Crippen molar-refractivity contribution >= 4 is 30.2 Å². The number of ether oxygens (including phenoxy) is 3. The standard InChI is InChI=1S/C10H20N2O5.C6H16N2O.C6H7NO5.2CH4/c1-16-9(14)11-6-4-3-5-8(7-13)12-10(15)17-2;7-4-2-1-3-6(8)5-9;1-11-6(10)12-7-4(8)2-3-5(7)9;;/h8,13H,3-7H2,1-2H3,(H,11,14)(H,12,15);6,9H,1-5,7-8H2;2-3H2,1H3;2*1H4. The summed E-state index contributed by atoms with van der Waals surface area (Å²) in [5, 5.41) is 22.9. The number of imide groups is 1. The molecule has 0 bridgehead atoms. The quantitative estimate of drug-likeness (QED) is 0.0758. The number of alkyl carbamates (subject to hydrolysis) is 2. The zero-order chi connectivity index (χ0) is 29.3. The average molecular weight is 586 g/mol. The van der Waals surface area contributed by atoms with Gasteiger partial charge in [-0.1, -0.05) is 26.3 Å². The molecule has 0 saturated carbocycles. The van der Waals surface area contributed by atoms with Gasteiger partial charge in [-0.05, 0) is 38.6 Å². The Hall–Kier alpha value is -3.21. The fourth-order valence-corrected chi connectivity index (χ4v) is 2.62. The zero-order valence-corrected chi connectivity index (χ0v) is 22.3. The lowest BCUT2D eigenvalue weighted by Gasteiger charge is -2.14. The van der Waals surface area contributed by atoms with E-state index in [1.807, 2.05) is 0 Å². The number of methoxy groups -OCH3 is 3. The first-order chi connectivity index (χ1) is 18.1. The van der Waals surface area contributed by atoms with Crippen LogP contribution in [0.25, 0.3) is 0 Å². The Labute approximate surface area is 236 Å². The molecule has 2 atom stereocenters. The highest BCUT2D eigenvalue weighted by Crippen LogP contribution is 2.12. The molecule has 0 aromatic heterocycles. The summed E-state index contributed by atoms with van der Waals surface area (Å²) in [6.45, 7) is 1.17. The van der Waals surface area contributed by atoms with Crippen molar-refractivity contribution in [2.24, 2.45) is 11.5 Å². The Kier molecular flexibility index (Phi) is 31.5.